The second-order valence-electron chi connectivity index (χ2n) is 4.39. The third-order valence-corrected chi connectivity index (χ3v) is 5.75. The van der Waals surface area contributed by atoms with E-state index in [1.165, 1.54) is 21.5 Å². The molecule has 2 heteroatoms. The normalized spacial score (nSPS) is 10.9. The first-order chi connectivity index (χ1) is 8.74. The van der Waals surface area contributed by atoms with E-state index in [4.69, 9.17) is 4.43 Å². The molecule has 0 atom stereocenters. The summed E-state index contributed by atoms with van der Waals surface area (Å²) in [7, 11) is -1.11. The first-order valence-corrected chi connectivity index (χ1v) is 7.76. The van der Waals surface area contributed by atoms with E-state index in [-0.39, 0.29) is 0 Å². The molecule has 0 bridgehead atoms. The first-order valence-electron chi connectivity index (χ1n) is 6.35. The minimum atomic E-state index is -1.11. The topological polar surface area (TPSA) is 9.23 Å². The molecule has 0 fully saturated rings. The van der Waals surface area contributed by atoms with Gasteiger partial charge in [-0.2, -0.15) is 0 Å². The van der Waals surface area contributed by atoms with Crippen LogP contribution in [0.15, 0.2) is 48.5 Å². The molecule has 0 N–H and O–H groups in total. The summed E-state index contributed by atoms with van der Waals surface area (Å²) in [5.41, 5.74) is 2.64. The quantitative estimate of drug-likeness (QED) is 0.763. The minimum absolute atomic E-state index is 0.761. The van der Waals surface area contributed by atoms with E-state index in [9.17, 15) is 0 Å². The van der Waals surface area contributed by atoms with Crippen molar-refractivity contribution in [2.75, 3.05) is 6.61 Å². The maximum atomic E-state index is 6.08. The molecular formula is C16H19OSi. The average molecular weight is 255 g/mol. The van der Waals surface area contributed by atoms with Crippen LogP contribution in [0.1, 0.15) is 18.1 Å². The van der Waals surface area contributed by atoms with Crippen molar-refractivity contribution in [3.63, 3.8) is 0 Å². The predicted octanol–water partition coefficient (Wildman–Crippen LogP) is 2.45. The van der Waals surface area contributed by atoms with Gasteiger partial charge in [-0.05, 0) is 42.3 Å². The molecule has 0 amide bonds. The van der Waals surface area contributed by atoms with Gasteiger partial charge in [0.05, 0.1) is 0 Å². The van der Waals surface area contributed by atoms with Crippen LogP contribution in [-0.2, 0) is 4.43 Å². The van der Waals surface area contributed by atoms with Crippen molar-refractivity contribution in [2.24, 2.45) is 0 Å². The van der Waals surface area contributed by atoms with Crippen LogP contribution in [-0.4, -0.2) is 15.6 Å². The van der Waals surface area contributed by atoms with Crippen LogP contribution >= 0.6 is 0 Å². The molecule has 93 valence electrons. The second-order valence-corrected chi connectivity index (χ2v) is 6.42. The fourth-order valence-corrected chi connectivity index (χ4v) is 4.37. The molecule has 0 aliphatic carbocycles. The van der Waals surface area contributed by atoms with Crippen molar-refractivity contribution in [3.8, 4) is 0 Å². The lowest BCUT2D eigenvalue weighted by molar-refractivity contribution is 0.358. The SMILES string of the molecule is CCO[Si](c1ccccc1C)c1ccccc1C. The molecule has 0 aliphatic rings. The van der Waals surface area contributed by atoms with E-state index in [0.29, 0.717) is 0 Å². The van der Waals surface area contributed by atoms with Gasteiger partial charge in [0.1, 0.15) is 0 Å². The van der Waals surface area contributed by atoms with Crippen molar-refractivity contribution in [3.05, 3.63) is 59.7 Å². The smallest absolute Gasteiger partial charge is 0.283 e. The van der Waals surface area contributed by atoms with Crippen molar-refractivity contribution in [1.29, 1.82) is 0 Å². The van der Waals surface area contributed by atoms with E-state index < -0.39 is 9.04 Å². The lowest BCUT2D eigenvalue weighted by Crippen LogP contribution is -2.47. The van der Waals surface area contributed by atoms with E-state index >= 15 is 0 Å². The summed E-state index contributed by atoms with van der Waals surface area (Å²) >= 11 is 0. The molecule has 0 unspecified atom stereocenters. The average Bonchev–Trinajstić information content (AvgIpc) is 2.38. The molecule has 0 saturated carbocycles. The molecule has 0 spiro atoms. The zero-order valence-corrected chi connectivity index (χ0v) is 12.2. The summed E-state index contributed by atoms with van der Waals surface area (Å²) in [6.07, 6.45) is 0. The molecule has 18 heavy (non-hydrogen) atoms. The standard InChI is InChI=1S/C16H19OSi/c1-4-17-18(15-11-7-5-9-13(15)2)16-12-8-6-10-14(16)3/h5-12H,4H2,1-3H3. The van der Waals surface area contributed by atoms with Crippen LogP contribution < -0.4 is 10.4 Å². The summed E-state index contributed by atoms with van der Waals surface area (Å²) in [6.45, 7) is 7.16. The summed E-state index contributed by atoms with van der Waals surface area (Å²) < 4.78 is 6.08. The van der Waals surface area contributed by atoms with E-state index in [1.807, 2.05) is 0 Å². The molecule has 2 aromatic carbocycles. The Kier molecular flexibility index (Phi) is 4.34. The van der Waals surface area contributed by atoms with Gasteiger partial charge in [0.25, 0.3) is 9.04 Å². The molecular weight excluding hydrogens is 236 g/mol. The van der Waals surface area contributed by atoms with Gasteiger partial charge >= 0.3 is 0 Å². The highest BCUT2D eigenvalue weighted by Crippen LogP contribution is 2.02. The zero-order chi connectivity index (χ0) is 13.0. The molecule has 2 rings (SSSR count). The Labute approximate surface area is 111 Å². The Morgan fingerprint density at radius 1 is 0.833 bits per heavy atom. The summed E-state index contributed by atoms with van der Waals surface area (Å²) in [4.78, 5) is 0. The lowest BCUT2D eigenvalue weighted by atomic mass is 10.2. The van der Waals surface area contributed by atoms with E-state index in [1.54, 1.807) is 0 Å². The van der Waals surface area contributed by atoms with Crippen LogP contribution in [0.3, 0.4) is 0 Å². The fourth-order valence-electron chi connectivity index (χ4n) is 2.10. The maximum Gasteiger partial charge on any atom is 0.283 e. The van der Waals surface area contributed by atoms with Crippen LogP contribution in [0, 0.1) is 13.8 Å². The monoisotopic (exact) mass is 255 g/mol. The Bertz CT molecular complexity index is 477. The van der Waals surface area contributed by atoms with Gasteiger partial charge < -0.3 is 4.43 Å². The summed E-state index contributed by atoms with van der Waals surface area (Å²) in [5.74, 6) is 0. The van der Waals surface area contributed by atoms with Crippen LogP contribution in [0.2, 0.25) is 0 Å². The third kappa shape index (κ3) is 2.71. The second kappa shape index (κ2) is 5.98. The number of rotatable bonds is 4. The largest absolute Gasteiger partial charge is 0.408 e. The summed E-state index contributed by atoms with van der Waals surface area (Å²) in [6, 6.07) is 17.1. The van der Waals surface area contributed by atoms with Gasteiger partial charge in [-0.3, -0.25) is 0 Å². The third-order valence-electron chi connectivity index (χ3n) is 3.07. The molecule has 1 radical (unpaired) electrons. The Hall–Kier alpha value is -1.38. The fraction of sp³-hybridized carbons (Fsp3) is 0.250. The predicted molar refractivity (Wildman–Crippen MR) is 79.0 cm³/mol. The summed E-state index contributed by atoms with van der Waals surface area (Å²) in [5, 5.41) is 2.72. The molecule has 0 aromatic heterocycles. The van der Waals surface area contributed by atoms with Crippen molar-refractivity contribution in [1.82, 2.24) is 0 Å². The van der Waals surface area contributed by atoms with Crippen molar-refractivity contribution >= 4 is 19.4 Å². The molecule has 1 nitrogen and oxygen atoms in total. The highest BCUT2D eigenvalue weighted by atomic mass is 28.3. The Morgan fingerprint density at radius 2 is 1.28 bits per heavy atom. The van der Waals surface area contributed by atoms with Gasteiger partial charge in [-0.1, -0.05) is 48.5 Å². The van der Waals surface area contributed by atoms with Crippen LogP contribution in [0.5, 0.6) is 0 Å². The van der Waals surface area contributed by atoms with Gasteiger partial charge in [0, 0.05) is 6.61 Å². The number of hydrogen-bond acceptors (Lipinski definition) is 1. The van der Waals surface area contributed by atoms with Gasteiger partial charge in [0.15, 0.2) is 0 Å². The zero-order valence-electron chi connectivity index (χ0n) is 11.2. The lowest BCUT2D eigenvalue weighted by Gasteiger charge is -2.18. The van der Waals surface area contributed by atoms with Gasteiger partial charge in [-0.15, -0.1) is 0 Å². The molecule has 0 heterocycles. The molecule has 0 aliphatic heterocycles. The highest BCUT2D eigenvalue weighted by molar-refractivity contribution is 6.80. The number of hydrogen-bond donors (Lipinski definition) is 0. The van der Waals surface area contributed by atoms with E-state index in [0.717, 1.165) is 6.61 Å². The molecule has 0 saturated heterocycles. The van der Waals surface area contributed by atoms with Gasteiger partial charge in [0.2, 0.25) is 0 Å². The van der Waals surface area contributed by atoms with E-state index in [2.05, 4.69) is 69.3 Å². The first kappa shape index (κ1) is 13.1. The maximum absolute atomic E-state index is 6.08. The van der Waals surface area contributed by atoms with Crippen LogP contribution in [0.25, 0.3) is 0 Å². The minimum Gasteiger partial charge on any atom is -0.408 e. The van der Waals surface area contributed by atoms with Crippen molar-refractivity contribution < 1.29 is 4.43 Å². The highest BCUT2D eigenvalue weighted by Gasteiger charge is 2.21. The van der Waals surface area contributed by atoms with Crippen LogP contribution in [0.4, 0.5) is 0 Å². The number of benzene rings is 2. The van der Waals surface area contributed by atoms with Gasteiger partial charge in [-0.25, -0.2) is 0 Å². The Morgan fingerprint density at radius 3 is 1.67 bits per heavy atom. The Balaban J connectivity index is 2.47. The number of aryl methyl sites for hydroxylation is 2. The van der Waals surface area contributed by atoms with Crippen molar-refractivity contribution in [2.45, 2.75) is 20.8 Å². The molecule has 2 aromatic rings.